The van der Waals surface area contributed by atoms with E-state index in [1.807, 2.05) is 4.90 Å². The van der Waals surface area contributed by atoms with Gasteiger partial charge < -0.3 is 21.3 Å². The third kappa shape index (κ3) is 5.40. The lowest BCUT2D eigenvalue weighted by Crippen LogP contribution is -2.57. The standard InChI is InChI=1S/C30H26ClF3N8/c1-15-13-42(14-16(2)37-15)29(35)40-24-11-18(7-9-21(24)32)38-30-36-12-25-27(41-30)19-8-6-17(31)10-20(19)28(39-25)26-22(33)4-3-5-23(26)34/h3-12,15-16,37H,13-14H2,1-2H3,(H2,35,40)(H,36,38,41). The first-order valence-corrected chi connectivity index (χ1v) is 13.7. The van der Waals surface area contributed by atoms with Crippen molar-refractivity contribution in [2.24, 2.45) is 10.7 Å². The first-order chi connectivity index (χ1) is 20.2. The zero-order valence-corrected chi connectivity index (χ0v) is 23.4. The van der Waals surface area contributed by atoms with E-state index in [1.54, 1.807) is 18.2 Å². The van der Waals surface area contributed by atoms with Crippen LogP contribution in [0.4, 0.5) is 30.5 Å². The Labute approximate surface area is 244 Å². The number of anilines is 2. The van der Waals surface area contributed by atoms with Crippen molar-refractivity contribution in [1.29, 1.82) is 0 Å². The fourth-order valence-electron chi connectivity index (χ4n) is 5.24. The van der Waals surface area contributed by atoms with Gasteiger partial charge in [0.15, 0.2) is 5.96 Å². The first kappa shape index (κ1) is 27.7. The Morgan fingerprint density at radius 2 is 1.71 bits per heavy atom. The largest absolute Gasteiger partial charge is 0.369 e. The van der Waals surface area contributed by atoms with E-state index in [0.717, 1.165) is 0 Å². The molecule has 0 spiro atoms. The molecule has 1 saturated heterocycles. The molecule has 0 amide bonds. The maximum absolute atomic E-state index is 14.7. The zero-order valence-electron chi connectivity index (χ0n) is 22.7. The van der Waals surface area contributed by atoms with E-state index in [1.165, 1.54) is 42.6 Å². The molecule has 0 bridgehead atoms. The van der Waals surface area contributed by atoms with Gasteiger partial charge in [-0.3, -0.25) is 0 Å². The van der Waals surface area contributed by atoms with E-state index in [0.29, 0.717) is 45.6 Å². The van der Waals surface area contributed by atoms with Gasteiger partial charge in [-0.1, -0.05) is 23.7 Å². The van der Waals surface area contributed by atoms with E-state index in [4.69, 9.17) is 17.3 Å². The van der Waals surface area contributed by atoms with Crippen LogP contribution in [0.2, 0.25) is 5.02 Å². The molecule has 6 rings (SSSR count). The van der Waals surface area contributed by atoms with Crippen LogP contribution in [0.15, 0.2) is 65.8 Å². The number of piperazine rings is 1. The number of aliphatic imine (C=N–C) groups is 1. The number of hydrogen-bond acceptors (Lipinski definition) is 6. The van der Waals surface area contributed by atoms with Gasteiger partial charge in [-0.25, -0.2) is 33.1 Å². The third-order valence-corrected chi connectivity index (χ3v) is 7.25. The van der Waals surface area contributed by atoms with E-state index >= 15 is 0 Å². The number of aromatic nitrogens is 3. The summed E-state index contributed by atoms with van der Waals surface area (Å²) < 4.78 is 44.2. The molecular formula is C30H26ClF3N8. The van der Waals surface area contributed by atoms with Crippen LogP contribution in [-0.4, -0.2) is 51.0 Å². The Bertz CT molecular complexity index is 1830. The van der Waals surface area contributed by atoms with Crippen LogP contribution in [0.3, 0.4) is 0 Å². The van der Waals surface area contributed by atoms with Crippen molar-refractivity contribution in [3.63, 3.8) is 0 Å². The summed E-state index contributed by atoms with van der Waals surface area (Å²) in [5, 5.41) is 7.87. The maximum Gasteiger partial charge on any atom is 0.227 e. The molecule has 8 nitrogen and oxygen atoms in total. The number of nitrogens with two attached hydrogens (primary N) is 1. The summed E-state index contributed by atoms with van der Waals surface area (Å²) in [6, 6.07) is 13.4. The Morgan fingerprint density at radius 3 is 2.45 bits per heavy atom. The lowest BCUT2D eigenvalue weighted by atomic mass is 10.0. The summed E-state index contributed by atoms with van der Waals surface area (Å²) in [5.74, 6) is -1.60. The zero-order chi connectivity index (χ0) is 29.5. The van der Waals surface area contributed by atoms with Crippen LogP contribution >= 0.6 is 11.6 Å². The molecule has 2 aromatic heterocycles. The highest BCUT2D eigenvalue weighted by molar-refractivity contribution is 6.31. The molecule has 1 aliphatic heterocycles. The summed E-state index contributed by atoms with van der Waals surface area (Å²) in [6.07, 6.45) is 1.45. The minimum absolute atomic E-state index is 0.0652. The van der Waals surface area contributed by atoms with Gasteiger partial charge in [0.1, 0.15) is 34.2 Å². The Balaban J connectivity index is 1.37. The monoisotopic (exact) mass is 590 g/mol. The Morgan fingerprint density at radius 1 is 0.976 bits per heavy atom. The Hall–Kier alpha value is -4.48. The molecule has 1 fully saturated rings. The summed E-state index contributed by atoms with van der Waals surface area (Å²) >= 11 is 6.26. The van der Waals surface area contributed by atoms with Crippen molar-refractivity contribution < 1.29 is 13.2 Å². The molecule has 214 valence electrons. The van der Waals surface area contributed by atoms with Crippen molar-refractivity contribution >= 4 is 56.7 Å². The number of nitrogens with one attached hydrogen (secondary N) is 2. The molecule has 1 aliphatic rings. The summed E-state index contributed by atoms with van der Waals surface area (Å²) in [6.45, 7) is 5.42. The normalized spacial score (nSPS) is 17.7. The van der Waals surface area contributed by atoms with E-state index in [9.17, 15) is 13.2 Å². The van der Waals surface area contributed by atoms with Gasteiger partial charge in [0.25, 0.3) is 0 Å². The van der Waals surface area contributed by atoms with Crippen molar-refractivity contribution in [2.45, 2.75) is 25.9 Å². The topological polar surface area (TPSA) is 104 Å². The van der Waals surface area contributed by atoms with Crippen molar-refractivity contribution in [3.05, 3.63) is 83.3 Å². The van der Waals surface area contributed by atoms with Crippen LogP contribution in [0.1, 0.15) is 13.8 Å². The quantitative estimate of drug-likeness (QED) is 0.128. The van der Waals surface area contributed by atoms with Gasteiger partial charge in [0.05, 0.1) is 17.5 Å². The van der Waals surface area contributed by atoms with E-state index in [-0.39, 0.29) is 40.9 Å². The van der Waals surface area contributed by atoms with Gasteiger partial charge in [0, 0.05) is 46.7 Å². The number of guanidine groups is 1. The van der Waals surface area contributed by atoms with E-state index in [2.05, 4.69) is 44.4 Å². The predicted octanol–water partition coefficient (Wildman–Crippen LogP) is 6.29. The molecule has 4 N–H and O–H groups in total. The maximum atomic E-state index is 14.7. The molecule has 0 aliphatic carbocycles. The number of halogens is 4. The van der Waals surface area contributed by atoms with Crippen LogP contribution < -0.4 is 16.4 Å². The average molecular weight is 591 g/mol. The first-order valence-electron chi connectivity index (χ1n) is 13.3. The highest BCUT2D eigenvalue weighted by atomic mass is 35.5. The smallest absolute Gasteiger partial charge is 0.227 e. The number of fused-ring (bicyclic) bond motifs is 3. The molecule has 2 atom stereocenters. The fourth-order valence-corrected chi connectivity index (χ4v) is 5.42. The second-order valence-electron chi connectivity index (χ2n) is 10.3. The van der Waals surface area contributed by atoms with Gasteiger partial charge in [-0.2, -0.15) is 0 Å². The summed E-state index contributed by atoms with van der Waals surface area (Å²) in [7, 11) is 0. The fraction of sp³-hybridized carbons (Fsp3) is 0.200. The number of nitrogens with zero attached hydrogens (tertiary/aromatic N) is 5. The third-order valence-electron chi connectivity index (χ3n) is 7.01. The molecule has 42 heavy (non-hydrogen) atoms. The lowest BCUT2D eigenvalue weighted by molar-refractivity contribution is 0.253. The van der Waals surface area contributed by atoms with Crippen molar-refractivity contribution in [3.8, 4) is 11.3 Å². The van der Waals surface area contributed by atoms with Crippen molar-refractivity contribution in [1.82, 2.24) is 25.2 Å². The summed E-state index contributed by atoms with van der Waals surface area (Å²) in [5.41, 5.74) is 7.38. The van der Waals surface area contributed by atoms with Gasteiger partial charge in [-0.05, 0) is 56.3 Å². The molecule has 3 aromatic carbocycles. The lowest BCUT2D eigenvalue weighted by Gasteiger charge is -2.36. The molecular weight excluding hydrogens is 565 g/mol. The van der Waals surface area contributed by atoms with Crippen LogP contribution in [0, 0.1) is 17.5 Å². The van der Waals surface area contributed by atoms with E-state index < -0.39 is 17.5 Å². The highest BCUT2D eigenvalue weighted by Crippen LogP contribution is 2.36. The average Bonchev–Trinajstić information content (AvgIpc) is 2.94. The number of benzene rings is 3. The minimum atomic E-state index is -0.751. The molecule has 0 radical (unpaired) electrons. The van der Waals surface area contributed by atoms with Gasteiger partial charge in [-0.15, -0.1) is 0 Å². The van der Waals surface area contributed by atoms with Crippen molar-refractivity contribution in [2.75, 3.05) is 18.4 Å². The van der Waals surface area contributed by atoms with Crippen LogP contribution in [0.5, 0.6) is 0 Å². The second kappa shape index (κ2) is 11.1. The van der Waals surface area contributed by atoms with Gasteiger partial charge in [0.2, 0.25) is 5.95 Å². The highest BCUT2D eigenvalue weighted by Gasteiger charge is 2.23. The predicted molar refractivity (Wildman–Crippen MR) is 160 cm³/mol. The molecule has 0 saturated carbocycles. The second-order valence-corrected chi connectivity index (χ2v) is 10.7. The number of hydrogen-bond donors (Lipinski definition) is 3. The van der Waals surface area contributed by atoms with Crippen LogP contribution in [-0.2, 0) is 0 Å². The summed E-state index contributed by atoms with van der Waals surface area (Å²) in [4.78, 5) is 19.8. The Kier molecular flexibility index (Phi) is 7.29. The number of rotatable bonds is 4. The molecule has 5 aromatic rings. The molecule has 2 unspecified atom stereocenters. The number of pyridine rings is 1. The molecule has 3 heterocycles. The molecule has 12 heteroatoms. The minimum Gasteiger partial charge on any atom is -0.369 e. The SMILES string of the molecule is CC1CN(C(N)=Nc2cc(Nc3ncc4nc(-c5c(F)cccc5F)c5cc(Cl)ccc5c4n3)ccc2F)CC(C)N1. The van der Waals surface area contributed by atoms with Gasteiger partial charge >= 0.3 is 0 Å². The van der Waals surface area contributed by atoms with Crippen LogP contribution in [0.25, 0.3) is 33.1 Å².